The van der Waals surface area contributed by atoms with E-state index in [2.05, 4.69) is 10.2 Å². The number of hydrogen-bond donors (Lipinski definition) is 2. The van der Waals surface area contributed by atoms with Crippen LogP contribution in [0.5, 0.6) is 0 Å². The first-order valence-electron chi connectivity index (χ1n) is 5.65. The third-order valence-electron chi connectivity index (χ3n) is 3.01. The number of likely N-dealkylation sites (tertiary alicyclic amines) is 1. The second-order valence-corrected chi connectivity index (χ2v) is 4.77. The third kappa shape index (κ3) is 4.18. The average molecular weight is 214 g/mol. The molecule has 1 aliphatic heterocycles. The summed E-state index contributed by atoms with van der Waals surface area (Å²) in [7, 11) is 0. The molecule has 4 heteroatoms. The van der Waals surface area contributed by atoms with E-state index in [0.717, 1.165) is 25.9 Å². The molecule has 0 bridgehead atoms. The first-order chi connectivity index (χ1) is 6.93. The molecule has 15 heavy (non-hydrogen) atoms. The molecule has 1 saturated heterocycles. The van der Waals surface area contributed by atoms with Gasteiger partial charge in [-0.05, 0) is 19.8 Å². The minimum atomic E-state index is -0.606. The number of β-amino-alcohol motifs (C(OH)–C–C–N with tert-alkyl or cyclic N) is 1. The minimum Gasteiger partial charge on any atom is -0.389 e. The molecule has 1 fully saturated rings. The summed E-state index contributed by atoms with van der Waals surface area (Å²) in [6.45, 7) is 7.90. The van der Waals surface area contributed by atoms with E-state index in [1.165, 1.54) is 0 Å². The van der Waals surface area contributed by atoms with Crippen LogP contribution in [0.25, 0.3) is 0 Å². The first kappa shape index (κ1) is 12.5. The van der Waals surface area contributed by atoms with E-state index in [4.69, 9.17) is 0 Å². The summed E-state index contributed by atoms with van der Waals surface area (Å²) in [6, 6.07) is 0.259. The van der Waals surface area contributed by atoms with Crippen LogP contribution >= 0.6 is 0 Å². The van der Waals surface area contributed by atoms with Gasteiger partial charge in [-0.3, -0.25) is 9.69 Å². The van der Waals surface area contributed by atoms with Crippen molar-refractivity contribution in [2.75, 3.05) is 19.6 Å². The molecule has 1 amide bonds. The van der Waals surface area contributed by atoms with Crippen LogP contribution in [0.4, 0.5) is 0 Å². The zero-order chi connectivity index (χ0) is 11.5. The topological polar surface area (TPSA) is 52.6 Å². The van der Waals surface area contributed by atoms with E-state index in [1.807, 2.05) is 13.8 Å². The molecule has 0 saturated carbocycles. The number of carbonyl (C=O) groups excluding carboxylic acids is 1. The van der Waals surface area contributed by atoms with Crippen molar-refractivity contribution in [3.63, 3.8) is 0 Å². The van der Waals surface area contributed by atoms with Gasteiger partial charge in [0.2, 0.25) is 5.91 Å². The predicted molar refractivity (Wildman–Crippen MR) is 59.6 cm³/mol. The maximum Gasteiger partial charge on any atom is 0.217 e. The Morgan fingerprint density at radius 2 is 2.33 bits per heavy atom. The molecular weight excluding hydrogens is 192 g/mol. The van der Waals surface area contributed by atoms with Crippen molar-refractivity contribution in [3.05, 3.63) is 0 Å². The Labute approximate surface area is 91.6 Å². The van der Waals surface area contributed by atoms with Gasteiger partial charge in [-0.1, -0.05) is 6.92 Å². The Morgan fingerprint density at radius 1 is 1.67 bits per heavy atom. The number of nitrogens with zero attached hydrogens (tertiary/aromatic N) is 1. The van der Waals surface area contributed by atoms with E-state index in [0.29, 0.717) is 6.54 Å². The number of amides is 1. The number of aliphatic hydroxyl groups is 1. The molecule has 88 valence electrons. The summed E-state index contributed by atoms with van der Waals surface area (Å²) in [6.07, 6.45) is 1.74. The van der Waals surface area contributed by atoms with Crippen LogP contribution in [-0.4, -0.2) is 47.2 Å². The molecule has 4 nitrogen and oxygen atoms in total. The van der Waals surface area contributed by atoms with Gasteiger partial charge in [-0.25, -0.2) is 0 Å². The summed E-state index contributed by atoms with van der Waals surface area (Å²) in [5, 5.41) is 12.8. The van der Waals surface area contributed by atoms with E-state index in [1.54, 1.807) is 6.92 Å². The summed E-state index contributed by atoms with van der Waals surface area (Å²) in [5.41, 5.74) is -0.606. The zero-order valence-corrected chi connectivity index (χ0v) is 9.92. The van der Waals surface area contributed by atoms with Crippen molar-refractivity contribution in [1.82, 2.24) is 10.2 Å². The molecule has 2 atom stereocenters. The fourth-order valence-electron chi connectivity index (χ4n) is 1.98. The maximum atomic E-state index is 10.9. The Balaban J connectivity index is 2.33. The fraction of sp³-hybridized carbons (Fsp3) is 0.909. The van der Waals surface area contributed by atoms with Gasteiger partial charge in [0.05, 0.1) is 5.60 Å². The number of carbonyl (C=O) groups is 1. The van der Waals surface area contributed by atoms with Crippen molar-refractivity contribution < 1.29 is 9.90 Å². The summed E-state index contributed by atoms with van der Waals surface area (Å²) in [5.74, 6) is 0.0316. The van der Waals surface area contributed by atoms with Crippen LogP contribution in [0.3, 0.4) is 0 Å². The average Bonchev–Trinajstić information content (AvgIpc) is 2.50. The van der Waals surface area contributed by atoms with Crippen LogP contribution in [0, 0.1) is 0 Å². The molecule has 0 spiro atoms. The highest BCUT2D eigenvalue weighted by Crippen LogP contribution is 2.16. The van der Waals surface area contributed by atoms with Gasteiger partial charge in [0.15, 0.2) is 0 Å². The van der Waals surface area contributed by atoms with Crippen molar-refractivity contribution >= 4 is 5.91 Å². The number of hydrogen-bond acceptors (Lipinski definition) is 3. The Kier molecular flexibility index (Phi) is 4.11. The smallest absolute Gasteiger partial charge is 0.217 e. The van der Waals surface area contributed by atoms with Crippen molar-refractivity contribution in [1.29, 1.82) is 0 Å². The van der Waals surface area contributed by atoms with Gasteiger partial charge >= 0.3 is 0 Å². The first-order valence-corrected chi connectivity index (χ1v) is 5.65. The normalized spacial score (nSPS) is 26.3. The van der Waals surface area contributed by atoms with Gasteiger partial charge in [-0.2, -0.15) is 0 Å². The SMILES string of the molecule is CCC(C)(O)CN1CCC(NC(C)=O)C1. The Morgan fingerprint density at radius 3 is 2.87 bits per heavy atom. The molecule has 0 aromatic carbocycles. The summed E-state index contributed by atoms with van der Waals surface area (Å²) >= 11 is 0. The lowest BCUT2D eigenvalue weighted by Crippen LogP contribution is -2.41. The maximum absolute atomic E-state index is 10.9. The van der Waals surface area contributed by atoms with Crippen LogP contribution in [0.2, 0.25) is 0 Å². The molecule has 2 unspecified atom stereocenters. The lowest BCUT2D eigenvalue weighted by atomic mass is 10.0. The molecule has 1 aliphatic rings. The molecule has 0 aliphatic carbocycles. The van der Waals surface area contributed by atoms with Gasteiger partial charge in [0.1, 0.15) is 0 Å². The summed E-state index contributed by atoms with van der Waals surface area (Å²) in [4.78, 5) is 13.1. The van der Waals surface area contributed by atoms with E-state index >= 15 is 0 Å². The highest BCUT2D eigenvalue weighted by atomic mass is 16.3. The van der Waals surface area contributed by atoms with Gasteiger partial charge in [0.25, 0.3) is 0 Å². The molecule has 0 aromatic rings. The fourth-order valence-corrected chi connectivity index (χ4v) is 1.98. The standard InChI is InChI=1S/C11H22N2O2/c1-4-11(3,15)8-13-6-5-10(7-13)12-9(2)14/h10,15H,4-8H2,1-3H3,(H,12,14). The third-order valence-corrected chi connectivity index (χ3v) is 3.01. The second kappa shape index (κ2) is 4.94. The summed E-state index contributed by atoms with van der Waals surface area (Å²) < 4.78 is 0. The van der Waals surface area contributed by atoms with E-state index in [9.17, 15) is 9.90 Å². The highest BCUT2D eigenvalue weighted by molar-refractivity contribution is 5.73. The van der Waals surface area contributed by atoms with Gasteiger partial charge in [0, 0.05) is 32.6 Å². The van der Waals surface area contributed by atoms with Gasteiger partial charge in [-0.15, -0.1) is 0 Å². The zero-order valence-electron chi connectivity index (χ0n) is 9.92. The number of rotatable bonds is 4. The lowest BCUT2D eigenvalue weighted by molar-refractivity contribution is -0.119. The van der Waals surface area contributed by atoms with Crippen LogP contribution < -0.4 is 5.32 Å². The van der Waals surface area contributed by atoms with Gasteiger partial charge < -0.3 is 10.4 Å². The van der Waals surface area contributed by atoms with Crippen LogP contribution in [0.1, 0.15) is 33.6 Å². The molecule has 1 rings (SSSR count). The van der Waals surface area contributed by atoms with E-state index in [-0.39, 0.29) is 11.9 Å². The van der Waals surface area contributed by atoms with Crippen molar-refractivity contribution in [2.24, 2.45) is 0 Å². The van der Waals surface area contributed by atoms with E-state index < -0.39 is 5.60 Å². The predicted octanol–water partition coefficient (Wildman–Crippen LogP) is 0.358. The monoisotopic (exact) mass is 214 g/mol. The molecule has 1 heterocycles. The Bertz CT molecular complexity index is 229. The largest absolute Gasteiger partial charge is 0.389 e. The van der Waals surface area contributed by atoms with Crippen LogP contribution in [-0.2, 0) is 4.79 Å². The quantitative estimate of drug-likeness (QED) is 0.710. The molecule has 2 N–H and O–H groups in total. The minimum absolute atomic E-state index is 0.0316. The lowest BCUT2D eigenvalue weighted by Gasteiger charge is -2.27. The molecular formula is C11H22N2O2. The highest BCUT2D eigenvalue weighted by Gasteiger charge is 2.28. The van der Waals surface area contributed by atoms with Crippen molar-refractivity contribution in [3.8, 4) is 0 Å². The van der Waals surface area contributed by atoms with Crippen molar-refractivity contribution in [2.45, 2.75) is 45.3 Å². The molecule has 0 radical (unpaired) electrons. The Hall–Kier alpha value is -0.610. The number of nitrogens with one attached hydrogen (secondary N) is 1. The van der Waals surface area contributed by atoms with Crippen LogP contribution in [0.15, 0.2) is 0 Å². The molecule has 0 aromatic heterocycles. The second-order valence-electron chi connectivity index (χ2n) is 4.77.